The molecule has 0 aliphatic carbocycles. The van der Waals surface area contributed by atoms with Crippen LogP contribution < -0.4 is 10.1 Å². The van der Waals surface area contributed by atoms with E-state index < -0.39 is 17.6 Å². The van der Waals surface area contributed by atoms with E-state index in [-0.39, 0.29) is 18.8 Å². The number of hydrogen-bond acceptors (Lipinski definition) is 3. The van der Waals surface area contributed by atoms with Gasteiger partial charge in [0.05, 0.1) is 12.2 Å². The Labute approximate surface area is 147 Å². The van der Waals surface area contributed by atoms with Gasteiger partial charge in [0.1, 0.15) is 18.2 Å². The predicted molar refractivity (Wildman–Crippen MR) is 86.0 cm³/mol. The fourth-order valence-corrected chi connectivity index (χ4v) is 2.36. The molecule has 25 heavy (non-hydrogen) atoms. The largest absolute Gasteiger partial charge is 0.489 e. The smallest absolute Gasteiger partial charge is 0.419 e. The van der Waals surface area contributed by atoms with Crippen LogP contribution in [0.1, 0.15) is 16.7 Å². The second-order valence-corrected chi connectivity index (χ2v) is 5.69. The zero-order valence-electron chi connectivity index (χ0n) is 13.0. The average Bonchev–Trinajstić information content (AvgIpc) is 2.54. The van der Waals surface area contributed by atoms with Gasteiger partial charge in [0.15, 0.2) is 0 Å². The minimum atomic E-state index is -4.76. The monoisotopic (exact) mass is 377 g/mol. The van der Waals surface area contributed by atoms with Crippen LogP contribution in [0.3, 0.4) is 0 Å². The summed E-state index contributed by atoms with van der Waals surface area (Å²) in [4.78, 5) is 0. The number of ether oxygens (including phenoxy) is 1. The van der Waals surface area contributed by atoms with Crippen LogP contribution in [0.25, 0.3) is 0 Å². The standard InChI is InChI=1S/C17H16ClF4NO2/c18-13-2-4-16(12(8-13)9-23-5-6-24)25-10-11-1-3-15(19)14(7-11)17(20,21)22/h1-4,7-8,23-24H,5-6,9-10H2. The number of benzene rings is 2. The lowest BCUT2D eigenvalue weighted by Gasteiger charge is -2.14. The number of hydrogen-bond donors (Lipinski definition) is 2. The molecule has 0 fully saturated rings. The zero-order valence-corrected chi connectivity index (χ0v) is 13.8. The molecule has 0 spiro atoms. The van der Waals surface area contributed by atoms with Crippen molar-refractivity contribution in [2.24, 2.45) is 0 Å². The van der Waals surface area contributed by atoms with Gasteiger partial charge in [-0.3, -0.25) is 0 Å². The van der Waals surface area contributed by atoms with E-state index >= 15 is 0 Å². The molecule has 8 heteroatoms. The van der Waals surface area contributed by atoms with E-state index in [1.54, 1.807) is 18.2 Å². The third-order valence-corrected chi connectivity index (χ3v) is 3.59. The second-order valence-electron chi connectivity index (χ2n) is 5.25. The fraction of sp³-hybridized carbons (Fsp3) is 0.294. The van der Waals surface area contributed by atoms with Crippen molar-refractivity contribution >= 4 is 11.6 Å². The highest BCUT2D eigenvalue weighted by Gasteiger charge is 2.34. The summed E-state index contributed by atoms with van der Waals surface area (Å²) in [6.45, 7) is 0.553. The Kier molecular flexibility index (Phi) is 6.64. The summed E-state index contributed by atoms with van der Waals surface area (Å²) < 4.78 is 57.1. The van der Waals surface area contributed by atoms with Crippen molar-refractivity contribution in [3.05, 3.63) is 63.9 Å². The van der Waals surface area contributed by atoms with Crippen molar-refractivity contribution in [2.45, 2.75) is 19.3 Å². The molecule has 0 aliphatic rings. The molecule has 0 saturated heterocycles. The summed E-state index contributed by atoms with van der Waals surface area (Å²) in [5, 5.41) is 12.2. The summed E-state index contributed by atoms with van der Waals surface area (Å²) in [6, 6.07) is 7.60. The van der Waals surface area contributed by atoms with Gasteiger partial charge in [-0.2, -0.15) is 13.2 Å². The Hall–Kier alpha value is -1.83. The van der Waals surface area contributed by atoms with E-state index in [9.17, 15) is 17.6 Å². The first-order chi connectivity index (χ1) is 11.8. The van der Waals surface area contributed by atoms with Crippen LogP contribution in [-0.2, 0) is 19.3 Å². The number of rotatable bonds is 7. The van der Waals surface area contributed by atoms with E-state index in [0.717, 1.165) is 12.1 Å². The average molecular weight is 378 g/mol. The van der Waals surface area contributed by atoms with Crippen molar-refractivity contribution in [1.82, 2.24) is 5.32 Å². The molecule has 0 bridgehead atoms. The number of halogens is 5. The molecule has 136 valence electrons. The van der Waals surface area contributed by atoms with E-state index in [4.69, 9.17) is 21.4 Å². The van der Waals surface area contributed by atoms with Crippen LogP contribution >= 0.6 is 11.6 Å². The first kappa shape index (κ1) is 19.5. The molecule has 0 aliphatic heterocycles. The van der Waals surface area contributed by atoms with Crippen molar-refractivity contribution in [1.29, 1.82) is 0 Å². The van der Waals surface area contributed by atoms with Gasteiger partial charge in [0.25, 0.3) is 0 Å². The third kappa shape index (κ3) is 5.59. The van der Waals surface area contributed by atoms with E-state index in [1.165, 1.54) is 6.07 Å². The Bertz CT molecular complexity index is 722. The van der Waals surface area contributed by atoms with Gasteiger partial charge in [0, 0.05) is 23.7 Å². The summed E-state index contributed by atoms with van der Waals surface area (Å²) in [5.74, 6) is -0.885. The molecular formula is C17H16ClF4NO2. The third-order valence-electron chi connectivity index (χ3n) is 3.36. The predicted octanol–water partition coefficient (Wildman–Crippen LogP) is 4.16. The van der Waals surface area contributed by atoms with Gasteiger partial charge in [0.2, 0.25) is 0 Å². The van der Waals surface area contributed by atoms with Crippen molar-refractivity contribution < 1.29 is 27.4 Å². The SMILES string of the molecule is OCCNCc1cc(Cl)ccc1OCc1ccc(F)c(C(F)(F)F)c1. The van der Waals surface area contributed by atoms with Gasteiger partial charge in [-0.1, -0.05) is 17.7 Å². The van der Waals surface area contributed by atoms with Crippen LogP contribution in [0.4, 0.5) is 17.6 Å². The maximum absolute atomic E-state index is 13.3. The van der Waals surface area contributed by atoms with Gasteiger partial charge in [-0.25, -0.2) is 4.39 Å². The van der Waals surface area contributed by atoms with Gasteiger partial charge in [-0.15, -0.1) is 0 Å². The molecule has 0 saturated carbocycles. The number of aliphatic hydroxyl groups is 1. The normalized spacial score (nSPS) is 11.6. The first-order valence-electron chi connectivity index (χ1n) is 7.39. The van der Waals surface area contributed by atoms with Crippen LogP contribution in [0, 0.1) is 5.82 Å². The minimum Gasteiger partial charge on any atom is -0.489 e. The molecule has 0 heterocycles. The number of nitrogens with one attached hydrogen (secondary N) is 1. The first-order valence-corrected chi connectivity index (χ1v) is 7.77. The maximum Gasteiger partial charge on any atom is 0.419 e. The molecule has 0 atom stereocenters. The fourth-order valence-electron chi connectivity index (χ4n) is 2.17. The highest BCUT2D eigenvalue weighted by atomic mass is 35.5. The lowest BCUT2D eigenvalue weighted by molar-refractivity contribution is -0.140. The lowest BCUT2D eigenvalue weighted by Crippen LogP contribution is -2.18. The van der Waals surface area contributed by atoms with Gasteiger partial charge >= 0.3 is 6.18 Å². The van der Waals surface area contributed by atoms with E-state index in [0.29, 0.717) is 29.4 Å². The maximum atomic E-state index is 13.3. The van der Waals surface area contributed by atoms with E-state index in [2.05, 4.69) is 5.32 Å². The molecule has 3 nitrogen and oxygen atoms in total. The molecule has 0 aromatic heterocycles. The molecule has 2 rings (SSSR count). The van der Waals surface area contributed by atoms with Gasteiger partial charge < -0.3 is 15.2 Å². The molecule has 2 N–H and O–H groups in total. The van der Waals surface area contributed by atoms with E-state index in [1.807, 2.05) is 0 Å². The Balaban J connectivity index is 2.13. The quantitative estimate of drug-likeness (QED) is 0.562. The Morgan fingerprint density at radius 1 is 1.12 bits per heavy atom. The highest BCUT2D eigenvalue weighted by molar-refractivity contribution is 6.30. The zero-order chi connectivity index (χ0) is 18.4. The van der Waals surface area contributed by atoms with Crippen molar-refractivity contribution in [3.63, 3.8) is 0 Å². The van der Waals surface area contributed by atoms with Crippen LogP contribution in [0.2, 0.25) is 5.02 Å². The van der Waals surface area contributed by atoms with Gasteiger partial charge in [-0.05, 0) is 35.9 Å². The molecule has 0 amide bonds. The molecule has 2 aromatic carbocycles. The van der Waals surface area contributed by atoms with Crippen LogP contribution in [0.5, 0.6) is 5.75 Å². The number of aliphatic hydroxyl groups excluding tert-OH is 1. The molecule has 0 unspecified atom stereocenters. The topological polar surface area (TPSA) is 41.5 Å². The second kappa shape index (κ2) is 8.51. The van der Waals surface area contributed by atoms with Crippen molar-refractivity contribution in [2.75, 3.05) is 13.2 Å². The number of alkyl halides is 3. The molecular weight excluding hydrogens is 362 g/mol. The minimum absolute atomic E-state index is 0.0352. The summed E-state index contributed by atoms with van der Waals surface area (Å²) in [5.41, 5.74) is -0.438. The summed E-state index contributed by atoms with van der Waals surface area (Å²) in [7, 11) is 0. The lowest BCUT2D eigenvalue weighted by atomic mass is 10.1. The van der Waals surface area contributed by atoms with Crippen LogP contribution in [-0.4, -0.2) is 18.3 Å². The van der Waals surface area contributed by atoms with Crippen molar-refractivity contribution in [3.8, 4) is 5.75 Å². The molecule has 2 aromatic rings. The summed E-state index contributed by atoms with van der Waals surface area (Å²) in [6.07, 6.45) is -4.76. The molecule has 0 radical (unpaired) electrons. The Morgan fingerprint density at radius 3 is 2.56 bits per heavy atom. The Morgan fingerprint density at radius 2 is 1.88 bits per heavy atom. The highest BCUT2D eigenvalue weighted by Crippen LogP contribution is 2.32. The summed E-state index contributed by atoms with van der Waals surface area (Å²) >= 11 is 5.94. The van der Waals surface area contributed by atoms with Crippen LogP contribution in [0.15, 0.2) is 36.4 Å².